The molecule has 0 aliphatic heterocycles. The molecular formula is C8H14N2S4. The van der Waals surface area contributed by atoms with Crippen LogP contribution in [0.3, 0.4) is 0 Å². The second-order valence-electron chi connectivity index (χ2n) is 3.45. The zero-order valence-electron chi connectivity index (χ0n) is 7.69. The Morgan fingerprint density at radius 3 is 1.36 bits per heavy atom. The van der Waals surface area contributed by atoms with Crippen molar-refractivity contribution in [3.05, 3.63) is 0 Å². The molecule has 0 aromatic rings. The molecule has 0 atom stereocenters. The van der Waals surface area contributed by atoms with Crippen LogP contribution < -0.4 is 10.6 Å². The summed E-state index contributed by atoms with van der Waals surface area (Å²) in [4.78, 5) is 0. The standard InChI is InChI=1S/C8H14N2S4/c11-7(12)9-5-1-2-6(4-3-5)10-8(13)14/h5-6H,1-4H2,(H2,9,11,12)(H2,10,13,14). The molecular weight excluding hydrogens is 252 g/mol. The monoisotopic (exact) mass is 266 g/mol. The molecule has 2 N–H and O–H groups in total. The van der Waals surface area contributed by atoms with Crippen molar-refractivity contribution < 1.29 is 0 Å². The zero-order chi connectivity index (χ0) is 10.6. The molecule has 0 aromatic carbocycles. The quantitative estimate of drug-likeness (QED) is 0.453. The normalized spacial score (nSPS) is 26.7. The predicted molar refractivity (Wildman–Crippen MR) is 75.5 cm³/mol. The van der Waals surface area contributed by atoms with Crippen molar-refractivity contribution in [2.24, 2.45) is 0 Å². The smallest absolute Gasteiger partial charge is 0.130 e. The van der Waals surface area contributed by atoms with E-state index in [0.29, 0.717) is 20.7 Å². The van der Waals surface area contributed by atoms with Gasteiger partial charge in [0.2, 0.25) is 0 Å². The Hall–Kier alpha value is 0.480. The van der Waals surface area contributed by atoms with Crippen molar-refractivity contribution in [1.82, 2.24) is 10.6 Å². The molecule has 0 radical (unpaired) electrons. The molecule has 6 heteroatoms. The third-order valence-electron chi connectivity index (χ3n) is 2.38. The summed E-state index contributed by atoms with van der Waals surface area (Å²) < 4.78 is 1.18. The maximum atomic E-state index is 4.88. The lowest BCUT2D eigenvalue weighted by Gasteiger charge is -2.29. The first-order chi connectivity index (χ1) is 6.58. The molecule has 0 aromatic heterocycles. The van der Waals surface area contributed by atoms with E-state index in [1.54, 1.807) is 0 Å². The first kappa shape index (κ1) is 12.5. The summed E-state index contributed by atoms with van der Waals surface area (Å²) in [6.07, 6.45) is 4.42. The molecule has 1 rings (SSSR count). The molecule has 0 heterocycles. The summed E-state index contributed by atoms with van der Waals surface area (Å²) in [5.74, 6) is 0. The number of thiocarbonyl (C=S) groups is 2. The topological polar surface area (TPSA) is 24.1 Å². The summed E-state index contributed by atoms with van der Waals surface area (Å²) in [6.45, 7) is 0. The summed E-state index contributed by atoms with van der Waals surface area (Å²) in [5, 5.41) is 6.34. The highest BCUT2D eigenvalue weighted by molar-refractivity contribution is 8.11. The Kier molecular flexibility index (Phi) is 5.51. The lowest BCUT2D eigenvalue weighted by Crippen LogP contribution is -2.41. The first-order valence-electron chi connectivity index (χ1n) is 4.57. The van der Waals surface area contributed by atoms with Crippen molar-refractivity contribution in [3.63, 3.8) is 0 Å². The highest BCUT2D eigenvalue weighted by atomic mass is 32.1. The summed E-state index contributed by atoms with van der Waals surface area (Å²) in [7, 11) is 0. The average Bonchev–Trinajstić information content (AvgIpc) is 2.06. The van der Waals surface area contributed by atoms with Crippen LogP contribution in [0.25, 0.3) is 0 Å². The predicted octanol–water partition coefficient (Wildman–Crippen LogP) is 1.91. The summed E-state index contributed by atoms with van der Waals surface area (Å²) >= 11 is 17.9. The molecule has 1 saturated carbocycles. The molecule has 1 aliphatic rings. The van der Waals surface area contributed by atoms with E-state index in [9.17, 15) is 0 Å². The number of nitrogens with one attached hydrogen (secondary N) is 2. The molecule has 80 valence electrons. The molecule has 0 unspecified atom stereocenters. The van der Waals surface area contributed by atoms with Crippen LogP contribution >= 0.6 is 49.7 Å². The van der Waals surface area contributed by atoms with Crippen LogP contribution in [0.15, 0.2) is 0 Å². The van der Waals surface area contributed by atoms with Crippen LogP contribution in [0.2, 0.25) is 0 Å². The maximum absolute atomic E-state index is 4.88. The summed E-state index contributed by atoms with van der Waals surface area (Å²) in [5.41, 5.74) is 0. The van der Waals surface area contributed by atoms with Crippen LogP contribution in [0.4, 0.5) is 0 Å². The van der Waals surface area contributed by atoms with Crippen LogP contribution in [0.1, 0.15) is 25.7 Å². The van der Waals surface area contributed by atoms with Crippen molar-refractivity contribution in [2.45, 2.75) is 37.8 Å². The van der Waals surface area contributed by atoms with Gasteiger partial charge >= 0.3 is 0 Å². The lowest BCUT2D eigenvalue weighted by molar-refractivity contribution is 0.358. The minimum absolute atomic E-state index is 0.478. The Labute approximate surface area is 106 Å². The zero-order valence-corrected chi connectivity index (χ0v) is 11.1. The van der Waals surface area contributed by atoms with Crippen LogP contribution in [-0.2, 0) is 0 Å². The molecule has 0 spiro atoms. The lowest BCUT2D eigenvalue weighted by atomic mass is 9.91. The highest BCUT2D eigenvalue weighted by Gasteiger charge is 2.20. The van der Waals surface area contributed by atoms with E-state index in [1.165, 1.54) is 0 Å². The molecule has 0 saturated heterocycles. The second kappa shape index (κ2) is 6.15. The van der Waals surface area contributed by atoms with Crippen molar-refractivity contribution >= 4 is 58.3 Å². The fourth-order valence-electron chi connectivity index (χ4n) is 1.73. The van der Waals surface area contributed by atoms with Crippen molar-refractivity contribution in [1.29, 1.82) is 0 Å². The Morgan fingerprint density at radius 2 is 1.14 bits per heavy atom. The largest absolute Gasteiger partial charge is 0.368 e. The maximum Gasteiger partial charge on any atom is 0.130 e. The summed E-state index contributed by atoms with van der Waals surface area (Å²) in [6, 6.07) is 0.957. The first-order valence-corrected chi connectivity index (χ1v) is 6.28. The number of thiol groups is 2. The van der Waals surface area contributed by atoms with E-state index in [-0.39, 0.29) is 0 Å². The van der Waals surface area contributed by atoms with E-state index in [1.807, 2.05) is 0 Å². The number of rotatable bonds is 2. The number of hydrogen-bond acceptors (Lipinski definition) is 2. The fraction of sp³-hybridized carbons (Fsp3) is 0.750. The van der Waals surface area contributed by atoms with E-state index < -0.39 is 0 Å². The van der Waals surface area contributed by atoms with Gasteiger partial charge in [-0.2, -0.15) is 0 Å². The van der Waals surface area contributed by atoms with Gasteiger partial charge in [-0.1, -0.05) is 24.4 Å². The van der Waals surface area contributed by atoms with Crippen LogP contribution in [0, 0.1) is 0 Å². The molecule has 0 amide bonds. The SMILES string of the molecule is S=C(S)NC1CCC(NC(=S)S)CC1. The second-order valence-corrected chi connectivity index (χ2v) is 5.76. The molecule has 14 heavy (non-hydrogen) atoms. The van der Waals surface area contributed by atoms with Gasteiger partial charge in [0.15, 0.2) is 0 Å². The van der Waals surface area contributed by atoms with Gasteiger partial charge in [-0.3, -0.25) is 0 Å². The Balaban J connectivity index is 2.24. The third-order valence-corrected chi connectivity index (χ3v) is 2.88. The Bertz CT molecular complexity index is 199. The minimum Gasteiger partial charge on any atom is -0.368 e. The van der Waals surface area contributed by atoms with E-state index in [4.69, 9.17) is 24.4 Å². The van der Waals surface area contributed by atoms with Gasteiger partial charge in [0, 0.05) is 12.1 Å². The highest BCUT2D eigenvalue weighted by Crippen LogP contribution is 2.19. The van der Waals surface area contributed by atoms with Crippen molar-refractivity contribution in [3.8, 4) is 0 Å². The molecule has 1 aliphatic carbocycles. The molecule has 0 bridgehead atoms. The Morgan fingerprint density at radius 1 is 0.857 bits per heavy atom. The fourth-order valence-corrected chi connectivity index (χ4v) is 2.43. The van der Waals surface area contributed by atoms with Gasteiger partial charge in [-0.15, -0.1) is 25.3 Å². The average molecular weight is 266 g/mol. The van der Waals surface area contributed by atoms with Crippen LogP contribution in [0.5, 0.6) is 0 Å². The van der Waals surface area contributed by atoms with E-state index in [2.05, 4.69) is 35.9 Å². The minimum atomic E-state index is 0.478. The molecule has 2 nitrogen and oxygen atoms in total. The van der Waals surface area contributed by atoms with Gasteiger partial charge < -0.3 is 10.6 Å². The van der Waals surface area contributed by atoms with E-state index >= 15 is 0 Å². The van der Waals surface area contributed by atoms with E-state index in [0.717, 1.165) is 25.7 Å². The van der Waals surface area contributed by atoms with Gasteiger partial charge in [-0.05, 0) is 25.7 Å². The van der Waals surface area contributed by atoms with Gasteiger partial charge in [-0.25, -0.2) is 0 Å². The van der Waals surface area contributed by atoms with Crippen LogP contribution in [-0.4, -0.2) is 20.7 Å². The van der Waals surface area contributed by atoms with Gasteiger partial charge in [0.05, 0.1) is 0 Å². The van der Waals surface area contributed by atoms with Crippen molar-refractivity contribution in [2.75, 3.05) is 0 Å². The third kappa shape index (κ3) is 4.82. The molecule has 1 fully saturated rings. The van der Waals surface area contributed by atoms with Gasteiger partial charge in [0.25, 0.3) is 0 Å². The van der Waals surface area contributed by atoms with Gasteiger partial charge in [0.1, 0.15) is 8.64 Å². The number of hydrogen-bond donors (Lipinski definition) is 4.